The summed E-state index contributed by atoms with van der Waals surface area (Å²) >= 11 is 1.50. The quantitative estimate of drug-likeness (QED) is 0.679. The van der Waals surface area contributed by atoms with Crippen LogP contribution in [0.2, 0.25) is 0 Å². The van der Waals surface area contributed by atoms with Crippen LogP contribution in [0.3, 0.4) is 0 Å². The van der Waals surface area contributed by atoms with Gasteiger partial charge in [0.15, 0.2) is 0 Å². The van der Waals surface area contributed by atoms with E-state index in [1.54, 1.807) is 0 Å². The maximum atomic E-state index is 12.4. The Morgan fingerprint density at radius 3 is 2.85 bits per heavy atom. The number of sulfonamides is 1. The van der Waals surface area contributed by atoms with Gasteiger partial charge in [0, 0.05) is 30.6 Å². The van der Waals surface area contributed by atoms with Crippen LogP contribution in [-0.4, -0.2) is 34.2 Å². The van der Waals surface area contributed by atoms with Crippen molar-refractivity contribution in [3.05, 3.63) is 15.8 Å². The van der Waals surface area contributed by atoms with Crippen molar-refractivity contribution in [2.75, 3.05) is 19.8 Å². The molecule has 0 spiro atoms. The monoisotopic (exact) mass is 318 g/mol. The Bertz CT molecular complexity index is 536. The van der Waals surface area contributed by atoms with Crippen LogP contribution in [0.1, 0.15) is 30.2 Å². The second kappa shape index (κ2) is 7.00. The van der Waals surface area contributed by atoms with Gasteiger partial charge in [0.25, 0.3) is 0 Å². The number of nitrogens with one attached hydrogen (secondary N) is 2. The Morgan fingerprint density at radius 1 is 1.45 bits per heavy atom. The van der Waals surface area contributed by atoms with E-state index in [0.717, 1.165) is 10.4 Å². The van der Waals surface area contributed by atoms with Crippen molar-refractivity contribution < 1.29 is 13.2 Å². The van der Waals surface area contributed by atoms with E-state index in [2.05, 4.69) is 10.0 Å². The lowest BCUT2D eigenvalue weighted by molar-refractivity contribution is 0.153. The van der Waals surface area contributed by atoms with E-state index in [1.165, 1.54) is 24.2 Å². The van der Waals surface area contributed by atoms with E-state index in [1.807, 2.05) is 19.2 Å². The molecule has 0 aromatic carbocycles. The zero-order chi connectivity index (χ0) is 14.6. The van der Waals surface area contributed by atoms with Gasteiger partial charge in [0.1, 0.15) is 4.90 Å². The van der Waals surface area contributed by atoms with Gasteiger partial charge in [-0.3, -0.25) is 0 Å². The van der Waals surface area contributed by atoms with Crippen LogP contribution in [0.25, 0.3) is 0 Å². The molecule has 0 unspecified atom stereocenters. The number of aryl methyl sites for hydroxylation is 1. The number of ether oxygens (including phenoxy) is 1. The van der Waals surface area contributed by atoms with E-state index in [4.69, 9.17) is 4.74 Å². The third kappa shape index (κ3) is 4.26. The van der Waals surface area contributed by atoms with Crippen LogP contribution in [0.5, 0.6) is 0 Å². The van der Waals surface area contributed by atoms with Crippen molar-refractivity contribution in [3.8, 4) is 0 Å². The minimum Gasteiger partial charge on any atom is -0.380 e. The zero-order valence-corrected chi connectivity index (χ0v) is 13.6. The third-order valence-corrected chi connectivity index (χ3v) is 6.05. The van der Waals surface area contributed by atoms with Gasteiger partial charge in [-0.15, -0.1) is 11.3 Å². The highest BCUT2D eigenvalue weighted by Gasteiger charge is 2.25. The molecular weight excluding hydrogens is 296 g/mol. The summed E-state index contributed by atoms with van der Waals surface area (Å²) in [7, 11) is -3.45. The molecule has 0 atom stereocenters. The van der Waals surface area contributed by atoms with Crippen LogP contribution in [0.4, 0.5) is 0 Å². The van der Waals surface area contributed by atoms with E-state index < -0.39 is 10.0 Å². The molecule has 1 aliphatic rings. The van der Waals surface area contributed by atoms with Crippen LogP contribution in [-0.2, 0) is 21.3 Å². The fourth-order valence-corrected chi connectivity index (χ4v) is 4.73. The molecule has 1 saturated carbocycles. The fourth-order valence-electron chi connectivity index (χ4n) is 1.96. The Labute approximate surface area is 124 Å². The number of thiophene rings is 1. The molecule has 1 aromatic heterocycles. The molecule has 2 N–H and O–H groups in total. The minimum atomic E-state index is -3.45. The van der Waals surface area contributed by atoms with Crippen molar-refractivity contribution >= 4 is 21.4 Å². The number of rotatable bonds is 9. The molecule has 20 heavy (non-hydrogen) atoms. The summed E-state index contributed by atoms with van der Waals surface area (Å²) in [6.07, 6.45) is 2.39. The molecule has 1 aromatic rings. The second-order valence-electron chi connectivity index (χ2n) is 4.92. The third-order valence-electron chi connectivity index (χ3n) is 3.13. The molecule has 1 heterocycles. The van der Waals surface area contributed by atoms with Crippen LogP contribution < -0.4 is 10.0 Å². The molecule has 0 bridgehead atoms. The highest BCUT2D eigenvalue weighted by Crippen LogP contribution is 2.28. The standard InChI is InChI=1S/C13H22N2O3S2/c1-3-18-7-6-15-20(16,17)13-10(2)9-19-12(13)8-14-11-4-5-11/h9,11,14-15H,3-8H2,1-2H3. The van der Waals surface area contributed by atoms with Crippen molar-refractivity contribution in [1.82, 2.24) is 10.0 Å². The van der Waals surface area contributed by atoms with Crippen LogP contribution in [0, 0.1) is 6.92 Å². The molecule has 114 valence electrons. The summed E-state index contributed by atoms with van der Waals surface area (Å²) in [5, 5.41) is 5.27. The van der Waals surface area contributed by atoms with Gasteiger partial charge in [-0.25, -0.2) is 13.1 Å². The fraction of sp³-hybridized carbons (Fsp3) is 0.692. The second-order valence-corrected chi connectivity index (χ2v) is 7.59. The molecule has 0 amide bonds. The Balaban J connectivity index is 2.02. The lowest BCUT2D eigenvalue weighted by Crippen LogP contribution is -2.29. The maximum absolute atomic E-state index is 12.4. The van der Waals surface area contributed by atoms with Gasteiger partial charge in [-0.05, 0) is 37.6 Å². The zero-order valence-electron chi connectivity index (χ0n) is 11.9. The van der Waals surface area contributed by atoms with Crippen molar-refractivity contribution in [2.45, 2.75) is 44.2 Å². The summed E-state index contributed by atoms with van der Waals surface area (Å²) in [6.45, 7) is 5.66. The van der Waals surface area contributed by atoms with E-state index in [-0.39, 0.29) is 0 Å². The van der Waals surface area contributed by atoms with Crippen LogP contribution >= 0.6 is 11.3 Å². The van der Waals surface area contributed by atoms with E-state index in [9.17, 15) is 8.42 Å². The highest BCUT2D eigenvalue weighted by molar-refractivity contribution is 7.89. The summed E-state index contributed by atoms with van der Waals surface area (Å²) in [5.74, 6) is 0. The van der Waals surface area contributed by atoms with E-state index >= 15 is 0 Å². The number of hydrogen-bond acceptors (Lipinski definition) is 5. The summed E-state index contributed by atoms with van der Waals surface area (Å²) in [6, 6.07) is 0.568. The van der Waals surface area contributed by atoms with Crippen molar-refractivity contribution in [1.29, 1.82) is 0 Å². The lowest BCUT2D eigenvalue weighted by atomic mass is 10.3. The lowest BCUT2D eigenvalue weighted by Gasteiger charge is -2.09. The predicted molar refractivity (Wildman–Crippen MR) is 80.6 cm³/mol. The Kier molecular flexibility index (Phi) is 5.57. The first kappa shape index (κ1) is 15.9. The Morgan fingerprint density at radius 2 is 2.20 bits per heavy atom. The first-order valence-electron chi connectivity index (χ1n) is 6.92. The van der Waals surface area contributed by atoms with Gasteiger partial charge >= 0.3 is 0 Å². The topological polar surface area (TPSA) is 67.4 Å². The molecule has 0 radical (unpaired) electrons. The normalized spacial score (nSPS) is 15.7. The molecule has 2 rings (SSSR count). The minimum absolute atomic E-state index is 0.307. The number of hydrogen-bond donors (Lipinski definition) is 2. The first-order valence-corrected chi connectivity index (χ1v) is 9.28. The van der Waals surface area contributed by atoms with Crippen molar-refractivity contribution in [2.24, 2.45) is 0 Å². The average molecular weight is 318 g/mol. The molecule has 5 nitrogen and oxygen atoms in total. The SMILES string of the molecule is CCOCCNS(=O)(=O)c1c(C)csc1CNC1CC1. The molecular formula is C13H22N2O3S2. The molecule has 0 aliphatic heterocycles. The molecule has 1 fully saturated rings. The van der Waals surface area contributed by atoms with E-state index in [0.29, 0.717) is 37.2 Å². The Hall–Kier alpha value is -0.470. The maximum Gasteiger partial charge on any atom is 0.242 e. The smallest absolute Gasteiger partial charge is 0.242 e. The molecule has 0 saturated heterocycles. The summed E-state index contributed by atoms with van der Waals surface area (Å²) in [5.41, 5.74) is 0.812. The van der Waals surface area contributed by atoms with Gasteiger partial charge < -0.3 is 10.1 Å². The highest BCUT2D eigenvalue weighted by atomic mass is 32.2. The van der Waals surface area contributed by atoms with Crippen molar-refractivity contribution in [3.63, 3.8) is 0 Å². The largest absolute Gasteiger partial charge is 0.380 e. The summed E-state index contributed by atoms with van der Waals surface area (Å²) in [4.78, 5) is 1.32. The van der Waals surface area contributed by atoms with Gasteiger partial charge in [0.2, 0.25) is 10.0 Å². The van der Waals surface area contributed by atoms with Gasteiger partial charge in [-0.1, -0.05) is 0 Å². The predicted octanol–water partition coefficient (Wildman–Crippen LogP) is 1.62. The van der Waals surface area contributed by atoms with Gasteiger partial charge in [-0.2, -0.15) is 0 Å². The van der Waals surface area contributed by atoms with Crippen LogP contribution in [0.15, 0.2) is 10.3 Å². The van der Waals surface area contributed by atoms with Gasteiger partial charge in [0.05, 0.1) is 6.61 Å². The molecule has 7 heteroatoms. The first-order chi connectivity index (χ1) is 9.54. The average Bonchev–Trinajstić information content (AvgIpc) is 3.15. The molecule has 1 aliphatic carbocycles. The summed E-state index contributed by atoms with van der Waals surface area (Å²) < 4.78 is 32.5.